The van der Waals surface area contributed by atoms with E-state index >= 15 is 0 Å². The summed E-state index contributed by atoms with van der Waals surface area (Å²) in [6, 6.07) is 12.5. The number of hydrogen-bond acceptors (Lipinski definition) is 5. The number of rotatable bonds is 7. The number of pyridine rings is 1. The first-order valence-corrected chi connectivity index (χ1v) is 10.3. The minimum Gasteiger partial charge on any atom is -0.494 e. The normalized spacial score (nSPS) is 11.8. The second-order valence-corrected chi connectivity index (χ2v) is 7.68. The van der Waals surface area contributed by atoms with Gasteiger partial charge in [0.25, 0.3) is 5.56 Å². The van der Waals surface area contributed by atoms with Gasteiger partial charge in [-0.05, 0) is 49.7 Å². The average molecular weight is 446 g/mol. The van der Waals surface area contributed by atoms with Crippen LogP contribution in [-0.2, 0) is 0 Å². The Kier molecular flexibility index (Phi) is 6.08. The van der Waals surface area contributed by atoms with Gasteiger partial charge in [0.05, 0.1) is 30.9 Å². The summed E-state index contributed by atoms with van der Waals surface area (Å²) >= 11 is 0. The molecular formula is C25H23FN4O3. The Balaban J connectivity index is 1.71. The lowest BCUT2D eigenvalue weighted by atomic mass is 10.1. The van der Waals surface area contributed by atoms with Gasteiger partial charge in [0.2, 0.25) is 0 Å². The fourth-order valence-corrected chi connectivity index (χ4v) is 3.64. The van der Waals surface area contributed by atoms with Gasteiger partial charge in [-0.25, -0.2) is 9.37 Å². The highest BCUT2D eigenvalue weighted by Crippen LogP contribution is 2.28. The molecule has 1 N–H and O–H groups in total. The lowest BCUT2D eigenvalue weighted by Crippen LogP contribution is -2.26. The first-order valence-electron chi connectivity index (χ1n) is 10.3. The number of aldehydes is 1. The number of nitrogens with zero attached hydrogens (tertiary/aromatic N) is 3. The Bertz CT molecular complexity index is 1360. The quantitative estimate of drug-likeness (QED) is 0.418. The van der Waals surface area contributed by atoms with Crippen molar-refractivity contribution in [3.8, 4) is 11.4 Å². The fourth-order valence-electron chi connectivity index (χ4n) is 3.64. The van der Waals surface area contributed by atoms with Crippen LogP contribution in [0.4, 0.5) is 15.8 Å². The molecule has 0 amide bonds. The van der Waals surface area contributed by atoms with Crippen LogP contribution in [0.2, 0.25) is 0 Å². The summed E-state index contributed by atoms with van der Waals surface area (Å²) < 4.78 is 22.2. The molecule has 0 aliphatic heterocycles. The number of aryl methyl sites for hydroxylation is 1. The van der Waals surface area contributed by atoms with Crippen LogP contribution in [0.15, 0.2) is 72.0 Å². The van der Waals surface area contributed by atoms with Crippen LogP contribution in [0, 0.1) is 12.7 Å². The molecule has 0 fully saturated rings. The Morgan fingerprint density at radius 2 is 1.88 bits per heavy atom. The molecule has 0 bridgehead atoms. The predicted octanol–water partition coefficient (Wildman–Crippen LogP) is 4.66. The van der Waals surface area contributed by atoms with Crippen molar-refractivity contribution in [3.05, 3.63) is 100 Å². The zero-order chi connectivity index (χ0) is 23.5. The van der Waals surface area contributed by atoms with Gasteiger partial charge >= 0.3 is 0 Å². The molecule has 0 unspecified atom stereocenters. The SMILES string of the molecule is COc1cc(Nc2cc(C=O)cn([C@@H](C)c3ccc(F)cc3)c2=O)ccc1-n1cnc(C)c1. The monoisotopic (exact) mass is 446 g/mol. The summed E-state index contributed by atoms with van der Waals surface area (Å²) in [5, 5.41) is 3.10. The van der Waals surface area contributed by atoms with Gasteiger partial charge in [-0.15, -0.1) is 0 Å². The molecule has 2 heterocycles. The maximum absolute atomic E-state index is 13.3. The minimum atomic E-state index is -0.403. The Labute approximate surface area is 190 Å². The molecule has 1 atom stereocenters. The summed E-state index contributed by atoms with van der Waals surface area (Å²) in [7, 11) is 1.57. The van der Waals surface area contributed by atoms with E-state index < -0.39 is 6.04 Å². The molecule has 0 aliphatic rings. The van der Waals surface area contributed by atoms with Crippen LogP contribution in [0.1, 0.15) is 34.6 Å². The molecule has 0 spiro atoms. The third-order valence-electron chi connectivity index (χ3n) is 5.42. The van der Waals surface area contributed by atoms with Gasteiger partial charge in [-0.1, -0.05) is 12.1 Å². The van der Waals surface area contributed by atoms with Gasteiger partial charge in [0.15, 0.2) is 6.29 Å². The molecule has 0 saturated heterocycles. The number of benzene rings is 2. The average Bonchev–Trinajstić information content (AvgIpc) is 3.26. The van der Waals surface area contributed by atoms with E-state index in [0.29, 0.717) is 23.3 Å². The fraction of sp³-hybridized carbons (Fsp3) is 0.160. The lowest BCUT2D eigenvalue weighted by Gasteiger charge is -2.18. The molecule has 2 aromatic carbocycles. The van der Waals surface area contributed by atoms with E-state index in [-0.39, 0.29) is 17.1 Å². The molecule has 7 nitrogen and oxygen atoms in total. The van der Waals surface area contributed by atoms with Crippen molar-refractivity contribution >= 4 is 17.7 Å². The van der Waals surface area contributed by atoms with Crippen molar-refractivity contribution in [3.63, 3.8) is 0 Å². The highest BCUT2D eigenvalue weighted by atomic mass is 19.1. The van der Waals surface area contributed by atoms with Gasteiger partial charge in [-0.2, -0.15) is 0 Å². The summed E-state index contributed by atoms with van der Waals surface area (Å²) in [6.45, 7) is 3.72. The van der Waals surface area contributed by atoms with E-state index in [9.17, 15) is 14.0 Å². The van der Waals surface area contributed by atoms with Gasteiger partial charge in [0.1, 0.15) is 17.3 Å². The van der Waals surface area contributed by atoms with Crippen molar-refractivity contribution in [1.82, 2.24) is 14.1 Å². The van der Waals surface area contributed by atoms with E-state index in [2.05, 4.69) is 10.3 Å². The topological polar surface area (TPSA) is 78.1 Å². The Hall–Kier alpha value is -4.20. The zero-order valence-electron chi connectivity index (χ0n) is 18.4. The third-order valence-corrected chi connectivity index (χ3v) is 5.42. The summed E-state index contributed by atoms with van der Waals surface area (Å²) in [5.74, 6) is 0.231. The van der Waals surface area contributed by atoms with Crippen molar-refractivity contribution in [1.29, 1.82) is 0 Å². The number of ether oxygens (including phenoxy) is 1. The molecule has 33 heavy (non-hydrogen) atoms. The number of aromatic nitrogens is 3. The molecule has 168 valence electrons. The van der Waals surface area contributed by atoms with E-state index in [1.54, 1.807) is 31.6 Å². The van der Waals surface area contributed by atoms with Crippen molar-refractivity contribution in [2.45, 2.75) is 19.9 Å². The largest absolute Gasteiger partial charge is 0.494 e. The van der Waals surface area contributed by atoms with Gasteiger partial charge < -0.3 is 19.2 Å². The first-order chi connectivity index (χ1) is 15.9. The highest BCUT2D eigenvalue weighted by molar-refractivity contribution is 5.77. The van der Waals surface area contributed by atoms with E-state index in [1.807, 2.05) is 36.7 Å². The number of methoxy groups -OCH3 is 1. The number of nitrogens with one attached hydrogen (secondary N) is 1. The molecule has 2 aromatic heterocycles. The molecule has 8 heteroatoms. The molecule has 0 saturated carbocycles. The van der Waals surface area contributed by atoms with Crippen LogP contribution in [-0.4, -0.2) is 27.5 Å². The number of carbonyl (C=O) groups excluding carboxylic acids is 1. The summed E-state index contributed by atoms with van der Waals surface area (Å²) in [5.41, 5.74) is 3.30. The maximum Gasteiger partial charge on any atom is 0.274 e. The smallest absolute Gasteiger partial charge is 0.274 e. The van der Waals surface area contributed by atoms with Gasteiger partial charge in [-0.3, -0.25) is 9.59 Å². The third kappa shape index (κ3) is 4.55. The number of anilines is 2. The summed E-state index contributed by atoms with van der Waals surface area (Å²) in [4.78, 5) is 29.0. The van der Waals surface area contributed by atoms with Crippen molar-refractivity contribution < 1.29 is 13.9 Å². The number of imidazole rings is 1. The number of carbonyl (C=O) groups is 1. The zero-order valence-corrected chi connectivity index (χ0v) is 18.4. The second kappa shape index (κ2) is 9.12. The van der Waals surface area contributed by atoms with E-state index in [4.69, 9.17) is 4.74 Å². The highest BCUT2D eigenvalue weighted by Gasteiger charge is 2.15. The van der Waals surface area contributed by atoms with E-state index in [1.165, 1.54) is 29.0 Å². The summed E-state index contributed by atoms with van der Waals surface area (Å²) in [6.07, 6.45) is 5.76. The minimum absolute atomic E-state index is 0.238. The van der Waals surface area contributed by atoms with Crippen LogP contribution >= 0.6 is 0 Å². The molecular weight excluding hydrogens is 423 g/mol. The van der Waals surface area contributed by atoms with Crippen LogP contribution < -0.4 is 15.6 Å². The lowest BCUT2D eigenvalue weighted by molar-refractivity contribution is 0.112. The van der Waals surface area contributed by atoms with Crippen LogP contribution in [0.5, 0.6) is 5.75 Å². The van der Waals surface area contributed by atoms with Crippen LogP contribution in [0.25, 0.3) is 5.69 Å². The number of halogens is 1. The molecule has 0 radical (unpaired) electrons. The molecule has 4 aromatic rings. The second-order valence-electron chi connectivity index (χ2n) is 7.68. The Morgan fingerprint density at radius 3 is 2.52 bits per heavy atom. The van der Waals surface area contributed by atoms with Crippen molar-refractivity contribution in [2.75, 3.05) is 12.4 Å². The molecule has 0 aliphatic carbocycles. The van der Waals surface area contributed by atoms with Gasteiger partial charge in [0, 0.05) is 29.7 Å². The molecule has 4 rings (SSSR count). The standard InChI is InChI=1S/C25H23FN4O3/c1-16-12-29(15-27-16)23-9-8-21(11-24(23)33-3)28-22-10-18(14-31)13-30(25(22)32)17(2)19-4-6-20(26)7-5-19/h4-15,17,28H,1-3H3/t17-/m0/s1. The predicted molar refractivity (Wildman–Crippen MR) is 124 cm³/mol. The Morgan fingerprint density at radius 1 is 1.12 bits per heavy atom. The maximum atomic E-state index is 13.3. The van der Waals surface area contributed by atoms with E-state index in [0.717, 1.165) is 16.9 Å². The van der Waals surface area contributed by atoms with Crippen LogP contribution in [0.3, 0.4) is 0 Å². The van der Waals surface area contributed by atoms with Crippen molar-refractivity contribution in [2.24, 2.45) is 0 Å². The first kappa shape index (κ1) is 22.0. The number of hydrogen-bond donors (Lipinski definition) is 1.